The Labute approximate surface area is 115 Å². The van der Waals surface area contributed by atoms with Crippen LogP contribution in [0.1, 0.15) is 5.56 Å². The summed E-state index contributed by atoms with van der Waals surface area (Å²) in [6, 6.07) is 10.2. The summed E-state index contributed by atoms with van der Waals surface area (Å²) in [7, 11) is -4.09. The van der Waals surface area contributed by atoms with Crippen molar-refractivity contribution in [3.05, 3.63) is 53.8 Å². The predicted octanol–water partition coefficient (Wildman–Crippen LogP) is 2.20. The highest BCUT2D eigenvalue weighted by Crippen LogP contribution is 2.27. The lowest BCUT2D eigenvalue weighted by atomic mass is 10.2. The fraction of sp³-hybridized carbons (Fsp3) is 0. The molecule has 0 saturated heterocycles. The van der Waals surface area contributed by atoms with Crippen LogP contribution < -0.4 is 4.72 Å². The molecule has 0 aromatic heterocycles. The van der Waals surface area contributed by atoms with Crippen molar-refractivity contribution >= 4 is 15.7 Å². The third kappa shape index (κ3) is 2.70. The number of benzene rings is 2. The van der Waals surface area contributed by atoms with Crippen LogP contribution >= 0.6 is 0 Å². The second-order valence-electron chi connectivity index (χ2n) is 3.87. The maximum atomic E-state index is 13.1. The van der Waals surface area contributed by atoms with E-state index in [-0.39, 0.29) is 16.1 Å². The highest BCUT2D eigenvalue weighted by atomic mass is 32.2. The fourth-order valence-corrected chi connectivity index (χ4v) is 2.81. The van der Waals surface area contributed by atoms with Crippen molar-refractivity contribution in [3.63, 3.8) is 0 Å². The number of phenolic OH excluding ortho intramolecular Hbond substituents is 1. The fourth-order valence-electron chi connectivity index (χ4n) is 1.58. The molecule has 0 spiro atoms. The predicted molar refractivity (Wildman–Crippen MR) is 70.0 cm³/mol. The van der Waals surface area contributed by atoms with Gasteiger partial charge >= 0.3 is 0 Å². The maximum absolute atomic E-state index is 13.1. The molecule has 2 rings (SSSR count). The highest BCUT2D eigenvalue weighted by Gasteiger charge is 2.19. The van der Waals surface area contributed by atoms with Crippen LogP contribution in [-0.2, 0) is 10.0 Å². The molecule has 2 N–H and O–H groups in total. The number of phenols is 1. The van der Waals surface area contributed by atoms with Crippen LogP contribution in [0.2, 0.25) is 0 Å². The molecule has 0 heterocycles. The zero-order valence-electron chi connectivity index (χ0n) is 10.0. The first-order valence-corrected chi connectivity index (χ1v) is 6.93. The second kappa shape index (κ2) is 5.19. The lowest BCUT2D eigenvalue weighted by molar-refractivity contribution is 0.475. The van der Waals surface area contributed by atoms with E-state index < -0.39 is 21.6 Å². The van der Waals surface area contributed by atoms with Gasteiger partial charge in [0, 0.05) is 6.07 Å². The largest absolute Gasteiger partial charge is 0.506 e. The van der Waals surface area contributed by atoms with Crippen molar-refractivity contribution in [1.82, 2.24) is 0 Å². The van der Waals surface area contributed by atoms with Crippen molar-refractivity contribution in [2.75, 3.05) is 4.72 Å². The highest BCUT2D eigenvalue weighted by molar-refractivity contribution is 7.92. The van der Waals surface area contributed by atoms with E-state index in [0.717, 1.165) is 18.2 Å². The molecule has 102 valence electrons. The van der Waals surface area contributed by atoms with Crippen molar-refractivity contribution in [2.45, 2.75) is 4.90 Å². The smallest absolute Gasteiger partial charge is 0.263 e. The van der Waals surface area contributed by atoms with Gasteiger partial charge in [0.2, 0.25) is 0 Å². The van der Waals surface area contributed by atoms with Crippen LogP contribution in [0.4, 0.5) is 10.1 Å². The Bertz CT molecular complexity index is 798. The molecule has 7 heteroatoms. The lowest BCUT2D eigenvalue weighted by Crippen LogP contribution is -2.14. The molecule has 2 aromatic rings. The normalized spacial score (nSPS) is 10.8. The minimum Gasteiger partial charge on any atom is -0.506 e. The van der Waals surface area contributed by atoms with Crippen LogP contribution in [0.25, 0.3) is 0 Å². The Balaban J connectivity index is 2.47. The average molecular weight is 292 g/mol. The van der Waals surface area contributed by atoms with Crippen molar-refractivity contribution in [2.24, 2.45) is 0 Å². The van der Waals surface area contributed by atoms with Gasteiger partial charge in [0.05, 0.1) is 11.3 Å². The van der Waals surface area contributed by atoms with E-state index in [1.807, 2.05) is 4.72 Å². The number of anilines is 1. The third-order valence-electron chi connectivity index (χ3n) is 2.50. The van der Waals surface area contributed by atoms with E-state index >= 15 is 0 Å². The summed E-state index contributed by atoms with van der Waals surface area (Å²) in [5.74, 6) is -1.11. The molecule has 0 aliphatic rings. The van der Waals surface area contributed by atoms with E-state index in [1.165, 1.54) is 24.3 Å². The molecule has 0 aliphatic heterocycles. The number of nitriles is 1. The van der Waals surface area contributed by atoms with Gasteiger partial charge in [-0.05, 0) is 24.3 Å². The quantitative estimate of drug-likeness (QED) is 0.849. The summed E-state index contributed by atoms with van der Waals surface area (Å²) >= 11 is 0. The number of sulfonamides is 1. The number of halogens is 1. The van der Waals surface area contributed by atoms with E-state index in [0.29, 0.717) is 0 Å². The molecule has 0 aliphatic carbocycles. The second-order valence-corrected chi connectivity index (χ2v) is 5.53. The van der Waals surface area contributed by atoms with Crippen LogP contribution in [0, 0.1) is 17.1 Å². The Hall–Kier alpha value is -2.59. The van der Waals surface area contributed by atoms with E-state index in [4.69, 9.17) is 5.26 Å². The summed E-state index contributed by atoms with van der Waals surface area (Å²) in [6.45, 7) is 0. The molecule has 0 fully saturated rings. The maximum Gasteiger partial charge on any atom is 0.263 e. The van der Waals surface area contributed by atoms with Gasteiger partial charge < -0.3 is 5.11 Å². The Morgan fingerprint density at radius 3 is 2.60 bits per heavy atom. The molecule has 0 saturated carbocycles. The Morgan fingerprint density at radius 2 is 1.90 bits per heavy atom. The summed E-state index contributed by atoms with van der Waals surface area (Å²) in [5, 5.41) is 18.4. The molecule has 0 radical (unpaired) electrons. The van der Waals surface area contributed by atoms with Crippen LogP contribution in [0.5, 0.6) is 5.75 Å². The molecule has 0 atom stereocenters. The van der Waals surface area contributed by atoms with E-state index in [1.54, 1.807) is 6.07 Å². The number of hydrogen-bond acceptors (Lipinski definition) is 4. The first-order chi connectivity index (χ1) is 9.44. The molecule has 2 aromatic carbocycles. The van der Waals surface area contributed by atoms with Gasteiger partial charge in [-0.3, -0.25) is 4.72 Å². The van der Waals surface area contributed by atoms with Gasteiger partial charge in [-0.2, -0.15) is 5.26 Å². The molecular formula is C13H9FN2O3S. The van der Waals surface area contributed by atoms with E-state index in [2.05, 4.69) is 0 Å². The topological polar surface area (TPSA) is 90.2 Å². The van der Waals surface area contributed by atoms with E-state index in [9.17, 15) is 17.9 Å². The first-order valence-electron chi connectivity index (χ1n) is 5.44. The van der Waals surface area contributed by atoms with Gasteiger partial charge in [0.1, 0.15) is 22.5 Å². The molecule has 0 unspecified atom stereocenters. The number of nitrogens with one attached hydrogen (secondary N) is 1. The van der Waals surface area contributed by atoms with Gasteiger partial charge in [-0.1, -0.05) is 12.1 Å². The van der Waals surface area contributed by atoms with Crippen LogP contribution in [-0.4, -0.2) is 13.5 Å². The standard InChI is InChI=1S/C13H9FN2O3S/c14-10-5-6-12(17)11(7-10)16-20(18,19)13-4-2-1-3-9(13)8-15/h1-7,16-17H. The monoisotopic (exact) mass is 292 g/mol. The first kappa shape index (κ1) is 13.8. The minimum atomic E-state index is -4.09. The zero-order chi connectivity index (χ0) is 14.8. The summed E-state index contributed by atoms with van der Waals surface area (Å²) < 4.78 is 39.4. The summed E-state index contributed by atoms with van der Waals surface area (Å²) in [4.78, 5) is -0.244. The summed E-state index contributed by atoms with van der Waals surface area (Å²) in [6.07, 6.45) is 0. The number of hydrogen-bond donors (Lipinski definition) is 2. The van der Waals surface area contributed by atoms with Gasteiger partial charge in [-0.25, -0.2) is 12.8 Å². The molecular weight excluding hydrogens is 283 g/mol. The Morgan fingerprint density at radius 1 is 1.20 bits per heavy atom. The third-order valence-corrected chi connectivity index (χ3v) is 3.92. The molecule has 0 bridgehead atoms. The summed E-state index contributed by atoms with van der Waals surface area (Å²) in [5.41, 5.74) is -0.339. The van der Waals surface area contributed by atoms with Gasteiger partial charge in [0.25, 0.3) is 10.0 Å². The molecule has 5 nitrogen and oxygen atoms in total. The van der Waals surface area contributed by atoms with Crippen molar-refractivity contribution in [3.8, 4) is 11.8 Å². The van der Waals surface area contributed by atoms with Gasteiger partial charge in [-0.15, -0.1) is 0 Å². The number of rotatable bonds is 3. The lowest BCUT2D eigenvalue weighted by Gasteiger charge is -2.10. The van der Waals surface area contributed by atoms with Gasteiger partial charge in [0.15, 0.2) is 0 Å². The number of aromatic hydroxyl groups is 1. The average Bonchev–Trinajstić information content (AvgIpc) is 2.42. The molecule has 0 amide bonds. The Kier molecular flexibility index (Phi) is 3.59. The SMILES string of the molecule is N#Cc1ccccc1S(=O)(=O)Nc1cc(F)ccc1O. The number of nitrogens with zero attached hydrogens (tertiary/aromatic N) is 1. The van der Waals surface area contributed by atoms with Crippen LogP contribution in [0.15, 0.2) is 47.4 Å². The minimum absolute atomic E-state index is 0.0455. The zero-order valence-corrected chi connectivity index (χ0v) is 10.9. The van der Waals surface area contributed by atoms with Crippen molar-refractivity contribution in [1.29, 1.82) is 5.26 Å². The van der Waals surface area contributed by atoms with Crippen molar-refractivity contribution < 1.29 is 17.9 Å². The van der Waals surface area contributed by atoms with Crippen LogP contribution in [0.3, 0.4) is 0 Å². The molecule has 20 heavy (non-hydrogen) atoms.